The number of anilines is 1. The van der Waals surface area contributed by atoms with Crippen LogP contribution in [-0.4, -0.2) is 17.1 Å². The molecule has 2 aromatic heterocycles. The van der Waals surface area contributed by atoms with Crippen molar-refractivity contribution in [3.8, 4) is 11.3 Å². The fraction of sp³-hybridized carbons (Fsp3) is 0.235. The van der Waals surface area contributed by atoms with Crippen LogP contribution in [0.3, 0.4) is 0 Å². The number of nitrogens with one attached hydrogen (secondary N) is 2. The lowest BCUT2D eigenvalue weighted by atomic mass is 9.72. The Balaban J connectivity index is 1.44. The van der Waals surface area contributed by atoms with Crippen LogP contribution in [0.2, 0.25) is 0 Å². The number of amides is 1. The van der Waals surface area contributed by atoms with Crippen molar-refractivity contribution in [2.75, 3.05) is 5.32 Å². The predicted octanol–water partition coefficient (Wildman–Crippen LogP) is 9.05. The van der Waals surface area contributed by atoms with Gasteiger partial charge in [-0.15, -0.1) is 11.3 Å². The summed E-state index contributed by atoms with van der Waals surface area (Å²) in [6.07, 6.45) is 4.93. The van der Waals surface area contributed by atoms with Crippen LogP contribution >= 0.6 is 11.3 Å². The molecule has 1 atom stereocenters. The number of aromatic nitrogens is 1. The number of carbonyl (C=O) groups excluding carboxylic acids is 1. The van der Waals surface area contributed by atoms with Crippen molar-refractivity contribution in [3.05, 3.63) is 106 Å². The maximum absolute atomic E-state index is 13.7. The molecule has 0 unspecified atom stereocenters. The molecule has 0 fully saturated rings. The molecule has 0 aliphatic heterocycles. The highest BCUT2D eigenvalue weighted by atomic mass is 32.1. The Hall–Kier alpha value is -3.96. The zero-order valence-corrected chi connectivity index (χ0v) is 23.4. The van der Waals surface area contributed by atoms with Gasteiger partial charge in [0.2, 0.25) is 0 Å². The Labute approximate surface area is 233 Å². The van der Waals surface area contributed by atoms with E-state index in [1.165, 1.54) is 10.4 Å². The van der Waals surface area contributed by atoms with Gasteiger partial charge in [0.15, 0.2) is 0 Å². The van der Waals surface area contributed by atoms with Crippen molar-refractivity contribution < 1.29 is 4.79 Å². The van der Waals surface area contributed by atoms with E-state index in [1.54, 1.807) is 11.3 Å². The lowest BCUT2D eigenvalue weighted by Gasteiger charge is -2.33. The fourth-order valence-corrected chi connectivity index (χ4v) is 6.87. The van der Waals surface area contributed by atoms with Gasteiger partial charge in [-0.2, -0.15) is 0 Å². The summed E-state index contributed by atoms with van der Waals surface area (Å²) in [7, 11) is 0. The molecule has 0 radical (unpaired) electrons. The summed E-state index contributed by atoms with van der Waals surface area (Å²) >= 11 is 1.68. The van der Waals surface area contributed by atoms with Crippen LogP contribution in [0.5, 0.6) is 0 Å². The average molecular weight is 532 g/mol. The molecule has 1 amide bonds. The lowest BCUT2D eigenvalue weighted by molar-refractivity contribution is 0.102. The maximum atomic E-state index is 13.7. The maximum Gasteiger partial charge on any atom is 0.259 e. The Bertz CT molecular complexity index is 1660. The van der Waals surface area contributed by atoms with E-state index in [1.807, 2.05) is 60.8 Å². The molecule has 0 bridgehead atoms. The standard InChI is InChI=1S/C34H33N3OS/c1-34(2,3)23-18-19-26-29(20-23)39-33(30(26)32(38)36-24-14-8-5-9-15-24)35-21-27-25-16-10-11-17-28(25)37-31(27)22-12-6-4-7-13-22/h4-17,21,23,37H,18-20H2,1-3H3,(H,36,38)/t23-/m1/s1. The fourth-order valence-electron chi connectivity index (χ4n) is 5.60. The third kappa shape index (κ3) is 5.07. The zero-order valence-electron chi connectivity index (χ0n) is 22.6. The molecule has 2 heterocycles. The topological polar surface area (TPSA) is 57.2 Å². The van der Waals surface area contributed by atoms with Crippen molar-refractivity contribution in [2.24, 2.45) is 16.3 Å². The molecule has 6 rings (SSSR count). The number of H-pyrrole nitrogens is 1. The monoisotopic (exact) mass is 531 g/mol. The van der Waals surface area contributed by atoms with Gasteiger partial charge in [-0.1, -0.05) is 87.5 Å². The number of aliphatic imine (C=N–C) groups is 1. The van der Waals surface area contributed by atoms with E-state index in [9.17, 15) is 4.79 Å². The van der Waals surface area contributed by atoms with Gasteiger partial charge in [-0.05, 0) is 59.9 Å². The first-order valence-corrected chi connectivity index (χ1v) is 14.4. The highest BCUT2D eigenvalue weighted by Gasteiger charge is 2.33. The van der Waals surface area contributed by atoms with E-state index < -0.39 is 0 Å². The van der Waals surface area contributed by atoms with Crippen LogP contribution in [0.4, 0.5) is 10.7 Å². The van der Waals surface area contributed by atoms with Gasteiger partial charge < -0.3 is 10.3 Å². The number of thiophene rings is 1. The highest BCUT2D eigenvalue weighted by molar-refractivity contribution is 7.16. The molecule has 39 heavy (non-hydrogen) atoms. The van der Waals surface area contributed by atoms with E-state index in [2.05, 4.69) is 61.4 Å². The van der Waals surface area contributed by atoms with E-state index in [0.717, 1.165) is 63.2 Å². The second kappa shape index (κ2) is 10.3. The Kier molecular flexibility index (Phi) is 6.69. The van der Waals surface area contributed by atoms with Gasteiger partial charge in [0.05, 0.1) is 11.3 Å². The van der Waals surface area contributed by atoms with Crippen LogP contribution < -0.4 is 5.32 Å². The van der Waals surface area contributed by atoms with Gasteiger partial charge >= 0.3 is 0 Å². The summed E-state index contributed by atoms with van der Waals surface area (Å²) in [4.78, 5) is 23.7. The molecule has 196 valence electrons. The van der Waals surface area contributed by atoms with Crippen molar-refractivity contribution in [3.63, 3.8) is 0 Å². The third-order valence-electron chi connectivity index (χ3n) is 7.85. The Morgan fingerprint density at radius 2 is 1.67 bits per heavy atom. The first-order valence-electron chi connectivity index (χ1n) is 13.6. The number of hydrogen-bond acceptors (Lipinski definition) is 3. The van der Waals surface area contributed by atoms with Crippen molar-refractivity contribution in [1.82, 2.24) is 4.98 Å². The summed E-state index contributed by atoms with van der Waals surface area (Å²) in [6.45, 7) is 6.96. The second-order valence-electron chi connectivity index (χ2n) is 11.4. The van der Waals surface area contributed by atoms with Crippen LogP contribution in [0, 0.1) is 11.3 Å². The molecule has 1 aliphatic rings. The Morgan fingerprint density at radius 1 is 0.974 bits per heavy atom. The largest absolute Gasteiger partial charge is 0.354 e. The molecule has 0 spiro atoms. The van der Waals surface area contributed by atoms with Crippen LogP contribution in [-0.2, 0) is 12.8 Å². The number of para-hydroxylation sites is 2. The normalized spacial score (nSPS) is 15.5. The number of rotatable bonds is 5. The van der Waals surface area contributed by atoms with Crippen molar-refractivity contribution in [1.29, 1.82) is 0 Å². The smallest absolute Gasteiger partial charge is 0.259 e. The molecular weight excluding hydrogens is 498 g/mol. The third-order valence-corrected chi connectivity index (χ3v) is 9.01. The molecule has 5 aromatic rings. The van der Waals surface area contributed by atoms with Gasteiger partial charge in [0.1, 0.15) is 5.00 Å². The van der Waals surface area contributed by atoms with E-state index in [-0.39, 0.29) is 11.3 Å². The van der Waals surface area contributed by atoms with Gasteiger partial charge in [0, 0.05) is 33.2 Å². The highest BCUT2D eigenvalue weighted by Crippen LogP contribution is 2.45. The number of nitrogens with zero attached hydrogens (tertiary/aromatic N) is 1. The minimum Gasteiger partial charge on any atom is -0.354 e. The number of aromatic amines is 1. The lowest BCUT2D eigenvalue weighted by Crippen LogP contribution is -2.27. The van der Waals surface area contributed by atoms with Crippen molar-refractivity contribution in [2.45, 2.75) is 40.0 Å². The van der Waals surface area contributed by atoms with Crippen LogP contribution in [0.25, 0.3) is 22.2 Å². The SMILES string of the molecule is CC(C)(C)[C@@H]1CCc2c(sc(N=Cc3c(-c4ccccc4)[nH]c4ccccc34)c2C(=O)Nc2ccccc2)C1. The first kappa shape index (κ1) is 25.3. The quantitative estimate of drug-likeness (QED) is 0.218. The number of carbonyl (C=O) groups is 1. The number of benzene rings is 3. The molecule has 1 aliphatic carbocycles. The minimum atomic E-state index is -0.0812. The number of fused-ring (bicyclic) bond motifs is 2. The minimum absolute atomic E-state index is 0.0812. The molecule has 0 saturated heterocycles. The van der Waals surface area contributed by atoms with Gasteiger partial charge in [-0.25, -0.2) is 4.99 Å². The van der Waals surface area contributed by atoms with Crippen LogP contribution in [0.15, 0.2) is 89.9 Å². The van der Waals surface area contributed by atoms with Gasteiger partial charge in [0.25, 0.3) is 5.91 Å². The molecule has 3 aromatic carbocycles. The molecule has 4 nitrogen and oxygen atoms in total. The predicted molar refractivity (Wildman–Crippen MR) is 165 cm³/mol. The van der Waals surface area contributed by atoms with E-state index in [4.69, 9.17) is 4.99 Å². The molecular formula is C34H33N3OS. The van der Waals surface area contributed by atoms with Crippen molar-refractivity contribution >= 4 is 45.0 Å². The summed E-state index contributed by atoms with van der Waals surface area (Å²) < 4.78 is 0. The summed E-state index contributed by atoms with van der Waals surface area (Å²) in [5.74, 6) is 0.506. The second-order valence-corrected chi connectivity index (χ2v) is 12.5. The van der Waals surface area contributed by atoms with E-state index in [0.29, 0.717) is 5.92 Å². The average Bonchev–Trinajstić information content (AvgIpc) is 3.50. The zero-order chi connectivity index (χ0) is 27.0. The van der Waals surface area contributed by atoms with Gasteiger partial charge in [-0.3, -0.25) is 4.79 Å². The summed E-state index contributed by atoms with van der Waals surface area (Å²) in [5, 5.41) is 5.02. The number of hydrogen-bond donors (Lipinski definition) is 2. The Morgan fingerprint density at radius 3 is 2.41 bits per heavy atom. The first-order chi connectivity index (χ1) is 18.9. The summed E-state index contributed by atoms with van der Waals surface area (Å²) in [5.41, 5.74) is 7.16. The molecule has 5 heteroatoms. The molecule has 0 saturated carbocycles. The van der Waals surface area contributed by atoms with E-state index >= 15 is 0 Å². The van der Waals surface area contributed by atoms with Crippen LogP contribution in [0.1, 0.15) is 53.6 Å². The summed E-state index contributed by atoms with van der Waals surface area (Å²) in [6, 6.07) is 28.3. The molecule has 2 N–H and O–H groups in total.